The second-order valence-electron chi connectivity index (χ2n) is 3.31. The summed E-state index contributed by atoms with van der Waals surface area (Å²) < 4.78 is 5.50. The van der Waals surface area contributed by atoms with Crippen LogP contribution in [0.5, 0.6) is 0 Å². The Morgan fingerprint density at radius 1 is 1.50 bits per heavy atom. The number of para-hydroxylation sites is 1. The van der Waals surface area contributed by atoms with Crippen LogP contribution in [0.25, 0.3) is 11.0 Å². The van der Waals surface area contributed by atoms with E-state index in [0.29, 0.717) is 11.3 Å². The van der Waals surface area contributed by atoms with Crippen molar-refractivity contribution in [3.8, 4) is 0 Å². The number of carbonyl (C=O) groups is 1. The molecule has 16 heavy (non-hydrogen) atoms. The lowest BCUT2D eigenvalue weighted by molar-refractivity contribution is 0.0927. The molecule has 0 atom stereocenters. The molecule has 0 radical (unpaired) electrons. The number of rotatable bonds is 3. The Kier molecular flexibility index (Phi) is 3.17. The summed E-state index contributed by atoms with van der Waals surface area (Å²) in [6.07, 6.45) is 1.98. The Morgan fingerprint density at radius 2 is 2.25 bits per heavy atom. The second-order valence-corrected chi connectivity index (χ2v) is 4.18. The van der Waals surface area contributed by atoms with Gasteiger partial charge in [0.25, 0.3) is 0 Å². The molecule has 1 aromatic heterocycles. The van der Waals surface area contributed by atoms with Crippen LogP contribution in [0, 0.1) is 0 Å². The molecule has 1 aromatic carbocycles. The molecule has 0 spiro atoms. The summed E-state index contributed by atoms with van der Waals surface area (Å²) in [5.74, 6) is 5.76. The average Bonchev–Trinajstić information content (AvgIpc) is 2.68. The topological polar surface area (TPSA) is 68.3 Å². The van der Waals surface area contributed by atoms with Crippen LogP contribution >= 0.6 is 11.8 Å². The van der Waals surface area contributed by atoms with Crippen LogP contribution < -0.4 is 11.3 Å². The molecule has 2 aromatic rings. The van der Waals surface area contributed by atoms with Crippen molar-refractivity contribution in [3.63, 3.8) is 0 Å². The maximum absolute atomic E-state index is 11.5. The normalized spacial score (nSPS) is 10.6. The molecule has 2 rings (SSSR count). The molecular formula is C11H12N2O2S. The van der Waals surface area contributed by atoms with E-state index in [4.69, 9.17) is 10.3 Å². The molecule has 0 aliphatic rings. The van der Waals surface area contributed by atoms with Gasteiger partial charge in [0, 0.05) is 16.7 Å². The number of benzene rings is 1. The third kappa shape index (κ3) is 1.79. The summed E-state index contributed by atoms with van der Waals surface area (Å²) in [6.45, 7) is 0. The zero-order valence-electron chi connectivity index (χ0n) is 8.82. The first kappa shape index (κ1) is 11.0. The van der Waals surface area contributed by atoms with Crippen molar-refractivity contribution >= 4 is 28.6 Å². The molecular weight excluding hydrogens is 224 g/mol. The molecule has 3 N–H and O–H groups in total. The maximum atomic E-state index is 11.5. The number of fused-ring (bicyclic) bond motifs is 1. The fourth-order valence-corrected chi connectivity index (χ4v) is 2.21. The summed E-state index contributed by atoms with van der Waals surface area (Å²) >= 11 is 1.64. The fraction of sp³-hybridized carbons (Fsp3) is 0.182. The smallest absolute Gasteiger partial charge is 0.301 e. The predicted molar refractivity (Wildman–Crippen MR) is 65.1 cm³/mol. The first-order chi connectivity index (χ1) is 7.77. The molecule has 0 aliphatic heterocycles. The van der Waals surface area contributed by atoms with E-state index in [-0.39, 0.29) is 5.91 Å². The molecule has 1 heterocycles. The number of carbonyl (C=O) groups excluding carboxylic acids is 1. The lowest BCUT2D eigenvalue weighted by Crippen LogP contribution is -2.30. The summed E-state index contributed by atoms with van der Waals surface area (Å²) in [5.41, 5.74) is 3.71. The van der Waals surface area contributed by atoms with Gasteiger partial charge in [-0.2, -0.15) is 11.8 Å². The van der Waals surface area contributed by atoms with E-state index in [2.05, 4.69) is 5.43 Å². The van der Waals surface area contributed by atoms with Crippen molar-refractivity contribution < 1.29 is 9.21 Å². The number of amides is 1. The summed E-state index contributed by atoms with van der Waals surface area (Å²) in [6, 6.07) is 7.58. The molecule has 5 heteroatoms. The van der Waals surface area contributed by atoms with Gasteiger partial charge in [0.2, 0.25) is 0 Å². The van der Waals surface area contributed by atoms with E-state index in [0.717, 1.165) is 16.7 Å². The quantitative estimate of drug-likeness (QED) is 0.485. The molecule has 1 amide bonds. The molecule has 0 aliphatic carbocycles. The number of hydrazine groups is 1. The van der Waals surface area contributed by atoms with Crippen molar-refractivity contribution in [3.05, 3.63) is 35.6 Å². The van der Waals surface area contributed by atoms with E-state index < -0.39 is 0 Å². The minimum Gasteiger partial charge on any atom is -0.451 e. The van der Waals surface area contributed by atoms with Crippen molar-refractivity contribution in [1.29, 1.82) is 0 Å². The van der Waals surface area contributed by atoms with Gasteiger partial charge in [0.05, 0.1) is 0 Å². The average molecular weight is 236 g/mol. The molecule has 84 valence electrons. The Bertz CT molecular complexity index is 522. The molecule has 0 fully saturated rings. The Balaban J connectivity index is 2.62. The third-order valence-electron chi connectivity index (χ3n) is 2.32. The van der Waals surface area contributed by atoms with Gasteiger partial charge in [0.15, 0.2) is 5.76 Å². The van der Waals surface area contributed by atoms with Gasteiger partial charge in [-0.15, -0.1) is 0 Å². The largest absolute Gasteiger partial charge is 0.451 e. The Hall–Kier alpha value is -1.46. The summed E-state index contributed by atoms with van der Waals surface area (Å²) in [7, 11) is 0. The van der Waals surface area contributed by atoms with E-state index in [1.54, 1.807) is 11.8 Å². The lowest BCUT2D eigenvalue weighted by atomic mass is 10.1. The van der Waals surface area contributed by atoms with Gasteiger partial charge >= 0.3 is 5.91 Å². The van der Waals surface area contributed by atoms with E-state index >= 15 is 0 Å². The highest BCUT2D eigenvalue weighted by atomic mass is 32.2. The van der Waals surface area contributed by atoms with E-state index in [1.807, 2.05) is 30.5 Å². The number of hydrogen-bond donors (Lipinski definition) is 2. The monoisotopic (exact) mass is 236 g/mol. The van der Waals surface area contributed by atoms with Crippen LogP contribution in [-0.4, -0.2) is 12.2 Å². The summed E-state index contributed by atoms with van der Waals surface area (Å²) in [5, 5.41) is 0.968. The van der Waals surface area contributed by atoms with Crippen molar-refractivity contribution in [2.45, 2.75) is 5.75 Å². The van der Waals surface area contributed by atoms with Gasteiger partial charge in [-0.25, -0.2) is 5.84 Å². The number of nitrogens with one attached hydrogen (secondary N) is 1. The molecule has 4 nitrogen and oxygen atoms in total. The van der Waals surface area contributed by atoms with Gasteiger partial charge in [0.1, 0.15) is 5.58 Å². The Morgan fingerprint density at radius 3 is 2.94 bits per heavy atom. The van der Waals surface area contributed by atoms with Crippen LogP contribution in [0.4, 0.5) is 0 Å². The predicted octanol–water partition coefficient (Wildman–Crippen LogP) is 1.90. The van der Waals surface area contributed by atoms with Gasteiger partial charge in [-0.05, 0) is 12.3 Å². The van der Waals surface area contributed by atoms with Crippen LogP contribution in [-0.2, 0) is 5.75 Å². The van der Waals surface area contributed by atoms with Crippen LogP contribution in [0.15, 0.2) is 28.7 Å². The number of hydrogen-bond acceptors (Lipinski definition) is 4. The van der Waals surface area contributed by atoms with Gasteiger partial charge in [-0.1, -0.05) is 18.2 Å². The zero-order valence-corrected chi connectivity index (χ0v) is 9.64. The molecule has 0 unspecified atom stereocenters. The number of thioether (sulfide) groups is 1. The SMILES string of the molecule is CSCc1c(C(=O)NN)oc2ccccc12. The highest BCUT2D eigenvalue weighted by Gasteiger charge is 2.18. The molecule has 0 saturated heterocycles. The minimum absolute atomic E-state index is 0.304. The maximum Gasteiger partial charge on any atom is 0.301 e. The van der Waals surface area contributed by atoms with Crippen LogP contribution in [0.2, 0.25) is 0 Å². The zero-order chi connectivity index (χ0) is 11.5. The number of nitrogen functional groups attached to an aromatic ring is 1. The third-order valence-corrected chi connectivity index (χ3v) is 2.90. The minimum atomic E-state index is -0.389. The van der Waals surface area contributed by atoms with Crippen molar-refractivity contribution in [1.82, 2.24) is 5.43 Å². The van der Waals surface area contributed by atoms with E-state index in [9.17, 15) is 4.79 Å². The van der Waals surface area contributed by atoms with E-state index in [1.165, 1.54) is 0 Å². The van der Waals surface area contributed by atoms with Gasteiger partial charge in [-0.3, -0.25) is 10.2 Å². The first-order valence-corrected chi connectivity index (χ1v) is 6.17. The molecule has 0 saturated carbocycles. The van der Waals surface area contributed by atoms with Gasteiger partial charge < -0.3 is 4.42 Å². The number of nitrogens with two attached hydrogens (primary N) is 1. The first-order valence-electron chi connectivity index (χ1n) is 4.78. The second kappa shape index (κ2) is 4.59. The molecule has 0 bridgehead atoms. The highest BCUT2D eigenvalue weighted by molar-refractivity contribution is 7.97. The van der Waals surface area contributed by atoms with Crippen LogP contribution in [0.3, 0.4) is 0 Å². The highest BCUT2D eigenvalue weighted by Crippen LogP contribution is 2.28. The number of furan rings is 1. The van der Waals surface area contributed by atoms with Crippen molar-refractivity contribution in [2.75, 3.05) is 6.26 Å². The van der Waals surface area contributed by atoms with Crippen LogP contribution in [0.1, 0.15) is 16.1 Å². The lowest BCUT2D eigenvalue weighted by Gasteiger charge is -1.99. The summed E-state index contributed by atoms with van der Waals surface area (Å²) in [4.78, 5) is 11.5. The fourth-order valence-electron chi connectivity index (χ4n) is 1.64. The van der Waals surface area contributed by atoms with Crippen molar-refractivity contribution in [2.24, 2.45) is 5.84 Å². The Labute approximate surface area is 97.1 Å². The standard InChI is InChI=1S/C11H12N2O2S/c1-16-6-8-7-4-2-3-5-9(7)15-10(8)11(14)13-12/h2-5H,6,12H2,1H3,(H,13,14).